The molecule has 1 heterocycles. The van der Waals surface area contributed by atoms with E-state index in [-0.39, 0.29) is 24.0 Å². The number of rotatable bonds is 7. The number of aliphatic imine (C=N–C) groups is 1. The number of thiophene rings is 1. The second kappa shape index (κ2) is 11.5. The number of nitrogens with zero attached hydrogens (tertiary/aromatic N) is 2. The largest absolute Gasteiger partial charge is 0.356 e. The van der Waals surface area contributed by atoms with Crippen molar-refractivity contribution >= 4 is 41.3 Å². The van der Waals surface area contributed by atoms with Crippen molar-refractivity contribution in [1.82, 2.24) is 15.5 Å². The summed E-state index contributed by atoms with van der Waals surface area (Å²) in [4.78, 5) is 7.95. The van der Waals surface area contributed by atoms with Crippen LogP contribution >= 0.6 is 35.3 Å². The van der Waals surface area contributed by atoms with Gasteiger partial charge in [-0.1, -0.05) is 35.9 Å². The summed E-state index contributed by atoms with van der Waals surface area (Å²) < 4.78 is 0. The van der Waals surface area contributed by atoms with Gasteiger partial charge in [-0.2, -0.15) is 0 Å². The lowest BCUT2D eigenvalue weighted by Crippen LogP contribution is -2.42. The molecule has 0 aliphatic rings. The first-order chi connectivity index (χ1) is 11.6. The third-order valence-corrected chi connectivity index (χ3v) is 4.95. The normalized spacial score (nSPS) is 12.6. The van der Waals surface area contributed by atoms with Crippen molar-refractivity contribution < 1.29 is 0 Å². The molecule has 2 rings (SSSR count). The zero-order valence-electron chi connectivity index (χ0n) is 15.5. The van der Waals surface area contributed by atoms with Crippen LogP contribution in [0.4, 0.5) is 0 Å². The topological polar surface area (TPSA) is 39.7 Å². The van der Waals surface area contributed by atoms with Crippen molar-refractivity contribution in [2.24, 2.45) is 4.99 Å². The van der Waals surface area contributed by atoms with E-state index in [9.17, 15) is 0 Å². The summed E-state index contributed by atoms with van der Waals surface area (Å²) in [6, 6.07) is 13.3. The van der Waals surface area contributed by atoms with Gasteiger partial charge in [-0.15, -0.1) is 35.3 Å². The lowest BCUT2D eigenvalue weighted by molar-refractivity contribution is 0.298. The summed E-state index contributed by atoms with van der Waals surface area (Å²) in [5.41, 5.74) is 2.60. The van der Waals surface area contributed by atoms with Crippen molar-refractivity contribution in [3.63, 3.8) is 0 Å². The van der Waals surface area contributed by atoms with Crippen LogP contribution in [0.15, 0.2) is 46.8 Å². The van der Waals surface area contributed by atoms with Crippen LogP contribution in [-0.2, 0) is 6.42 Å². The maximum atomic E-state index is 4.33. The van der Waals surface area contributed by atoms with E-state index in [2.05, 4.69) is 83.3 Å². The minimum Gasteiger partial charge on any atom is -0.356 e. The fourth-order valence-corrected chi connectivity index (χ4v) is 3.27. The van der Waals surface area contributed by atoms with Crippen molar-refractivity contribution in [3.05, 3.63) is 57.8 Å². The quantitative estimate of drug-likeness (QED) is 0.367. The fraction of sp³-hybridized carbons (Fsp3) is 0.421. The molecular formula is C19H29IN4S. The molecule has 25 heavy (non-hydrogen) atoms. The Morgan fingerprint density at radius 1 is 1.16 bits per heavy atom. The second-order valence-electron chi connectivity index (χ2n) is 6.10. The average Bonchev–Trinajstić information content (AvgIpc) is 3.08. The third-order valence-electron chi connectivity index (χ3n) is 4.02. The molecule has 1 aromatic carbocycles. The number of likely N-dealkylation sites (N-methyl/N-ethyl adjacent to an activating group) is 1. The summed E-state index contributed by atoms with van der Waals surface area (Å²) >= 11 is 1.80. The Hall–Kier alpha value is -1.12. The van der Waals surface area contributed by atoms with Gasteiger partial charge in [-0.25, -0.2) is 0 Å². The minimum absolute atomic E-state index is 0. The van der Waals surface area contributed by atoms with Gasteiger partial charge in [0.15, 0.2) is 5.96 Å². The Morgan fingerprint density at radius 2 is 1.88 bits per heavy atom. The summed E-state index contributed by atoms with van der Waals surface area (Å²) in [5.74, 6) is 0.852. The molecule has 0 saturated carbocycles. The fourth-order valence-electron chi connectivity index (χ4n) is 2.56. The second-order valence-corrected chi connectivity index (χ2v) is 7.13. The number of nitrogens with one attached hydrogen (secondary N) is 2. The van der Waals surface area contributed by atoms with Gasteiger partial charge in [0.05, 0.1) is 6.04 Å². The number of aryl methyl sites for hydroxylation is 1. The first-order valence-electron chi connectivity index (χ1n) is 8.30. The highest BCUT2D eigenvalue weighted by Gasteiger charge is 2.14. The van der Waals surface area contributed by atoms with Crippen LogP contribution in [0.1, 0.15) is 22.0 Å². The molecule has 0 amide bonds. The SMILES string of the molecule is CN=C(NCCc1cccs1)NCC(c1ccc(C)cc1)N(C)C.I. The molecule has 2 aromatic rings. The molecule has 0 aliphatic heterocycles. The van der Waals surface area contributed by atoms with Crippen LogP contribution in [-0.4, -0.2) is 45.1 Å². The minimum atomic E-state index is 0. The molecule has 0 spiro atoms. The molecule has 138 valence electrons. The van der Waals surface area contributed by atoms with Crippen molar-refractivity contribution in [2.75, 3.05) is 34.2 Å². The summed E-state index contributed by atoms with van der Waals surface area (Å²) in [5, 5.41) is 8.95. The average molecular weight is 472 g/mol. The zero-order valence-corrected chi connectivity index (χ0v) is 18.6. The number of halogens is 1. The van der Waals surface area contributed by atoms with Crippen LogP contribution in [0.2, 0.25) is 0 Å². The standard InChI is InChI=1S/C19H28N4S.HI/c1-15-7-9-16(10-8-15)18(23(3)4)14-22-19(20-2)21-12-11-17-6-5-13-24-17;/h5-10,13,18H,11-12,14H2,1-4H3,(H2,20,21,22);1H. The van der Waals surface area contributed by atoms with E-state index in [1.165, 1.54) is 16.0 Å². The Kier molecular flexibility index (Phi) is 10.1. The van der Waals surface area contributed by atoms with E-state index in [1.807, 2.05) is 7.05 Å². The van der Waals surface area contributed by atoms with E-state index < -0.39 is 0 Å². The van der Waals surface area contributed by atoms with Crippen LogP contribution in [0.5, 0.6) is 0 Å². The highest BCUT2D eigenvalue weighted by atomic mass is 127. The molecule has 1 aromatic heterocycles. The maximum Gasteiger partial charge on any atom is 0.191 e. The molecular weight excluding hydrogens is 443 g/mol. The number of guanidine groups is 1. The number of benzene rings is 1. The van der Waals surface area contributed by atoms with Crippen molar-refractivity contribution in [3.8, 4) is 0 Å². The summed E-state index contributed by atoms with van der Waals surface area (Å²) in [7, 11) is 6.04. The lowest BCUT2D eigenvalue weighted by atomic mass is 10.0. The van der Waals surface area contributed by atoms with Gasteiger partial charge >= 0.3 is 0 Å². The molecule has 1 unspecified atom stereocenters. The zero-order chi connectivity index (χ0) is 17.4. The van der Waals surface area contributed by atoms with Crippen LogP contribution < -0.4 is 10.6 Å². The third kappa shape index (κ3) is 7.33. The van der Waals surface area contributed by atoms with Crippen molar-refractivity contribution in [1.29, 1.82) is 0 Å². The van der Waals surface area contributed by atoms with E-state index in [1.54, 1.807) is 11.3 Å². The van der Waals surface area contributed by atoms with Gasteiger partial charge in [0.2, 0.25) is 0 Å². The monoisotopic (exact) mass is 472 g/mol. The molecule has 0 fully saturated rings. The smallest absolute Gasteiger partial charge is 0.191 e. The van der Waals surface area contributed by atoms with E-state index >= 15 is 0 Å². The molecule has 0 bridgehead atoms. The molecule has 0 saturated heterocycles. The van der Waals surface area contributed by atoms with Crippen LogP contribution in [0.25, 0.3) is 0 Å². The van der Waals surface area contributed by atoms with Gasteiger partial charge in [-0.05, 0) is 44.4 Å². The van der Waals surface area contributed by atoms with Crippen LogP contribution in [0, 0.1) is 6.92 Å². The Labute approximate surface area is 172 Å². The molecule has 2 N–H and O–H groups in total. The predicted octanol–water partition coefficient (Wildman–Crippen LogP) is 3.68. The number of hydrogen-bond donors (Lipinski definition) is 2. The predicted molar refractivity (Wildman–Crippen MR) is 120 cm³/mol. The van der Waals surface area contributed by atoms with Crippen LogP contribution in [0.3, 0.4) is 0 Å². The molecule has 1 atom stereocenters. The lowest BCUT2D eigenvalue weighted by Gasteiger charge is -2.26. The number of hydrogen-bond acceptors (Lipinski definition) is 3. The summed E-state index contributed by atoms with van der Waals surface area (Å²) in [6.07, 6.45) is 1.02. The van der Waals surface area contributed by atoms with E-state index in [4.69, 9.17) is 0 Å². The Morgan fingerprint density at radius 3 is 2.44 bits per heavy atom. The van der Waals surface area contributed by atoms with E-state index in [0.717, 1.165) is 25.5 Å². The van der Waals surface area contributed by atoms with Crippen molar-refractivity contribution in [2.45, 2.75) is 19.4 Å². The maximum absolute atomic E-state index is 4.33. The van der Waals surface area contributed by atoms with Gasteiger partial charge in [-0.3, -0.25) is 4.99 Å². The Bertz CT molecular complexity index is 623. The van der Waals surface area contributed by atoms with Gasteiger partial charge in [0, 0.05) is 25.0 Å². The summed E-state index contributed by atoms with van der Waals surface area (Å²) in [6.45, 7) is 3.82. The molecule has 4 nitrogen and oxygen atoms in total. The van der Waals surface area contributed by atoms with Gasteiger partial charge in [0.1, 0.15) is 0 Å². The van der Waals surface area contributed by atoms with E-state index in [0.29, 0.717) is 6.04 Å². The van der Waals surface area contributed by atoms with Gasteiger partial charge in [0.25, 0.3) is 0 Å². The first-order valence-corrected chi connectivity index (χ1v) is 9.18. The highest BCUT2D eigenvalue weighted by Crippen LogP contribution is 2.17. The Balaban J connectivity index is 0.00000312. The first kappa shape index (κ1) is 21.9. The molecule has 0 radical (unpaired) electrons. The molecule has 0 aliphatic carbocycles. The highest BCUT2D eigenvalue weighted by molar-refractivity contribution is 14.0. The van der Waals surface area contributed by atoms with Gasteiger partial charge < -0.3 is 15.5 Å². The molecule has 6 heteroatoms.